The minimum atomic E-state index is -0.313. The third-order valence-electron chi connectivity index (χ3n) is 5.83. The second kappa shape index (κ2) is 8.49. The first-order valence-electron chi connectivity index (χ1n) is 10.3. The molecule has 3 heterocycles. The van der Waals surface area contributed by atoms with E-state index in [1.165, 1.54) is 35.6 Å². The molecule has 5 rings (SSSR count). The molecule has 0 aliphatic carbocycles. The molecule has 2 atom stereocenters. The number of carbonyl (C=O) groups is 1. The normalized spacial score (nSPS) is 22.2. The van der Waals surface area contributed by atoms with Crippen LogP contribution in [0.5, 0.6) is 5.19 Å². The Bertz CT molecular complexity index is 1080. The molecule has 162 valence electrons. The molecule has 0 saturated carbocycles. The van der Waals surface area contributed by atoms with E-state index in [-0.39, 0.29) is 35.7 Å². The van der Waals surface area contributed by atoms with Crippen LogP contribution in [0.2, 0.25) is 0 Å². The average Bonchev–Trinajstić information content (AvgIpc) is 3.41. The van der Waals surface area contributed by atoms with Gasteiger partial charge < -0.3 is 9.64 Å². The maximum Gasteiger partial charge on any atom is 0.274 e. The maximum absolute atomic E-state index is 13.4. The average molecular weight is 445 g/mol. The summed E-state index contributed by atoms with van der Waals surface area (Å²) in [4.78, 5) is 19.2. The van der Waals surface area contributed by atoms with Gasteiger partial charge in [-0.3, -0.25) is 4.79 Å². The zero-order valence-corrected chi connectivity index (χ0v) is 17.5. The van der Waals surface area contributed by atoms with E-state index in [2.05, 4.69) is 15.8 Å². The number of ether oxygens (including phenoxy) is 1. The zero-order chi connectivity index (χ0) is 21.4. The Morgan fingerprint density at radius 3 is 2.58 bits per heavy atom. The molecule has 31 heavy (non-hydrogen) atoms. The highest BCUT2D eigenvalue weighted by Crippen LogP contribution is 2.30. The first-order chi connectivity index (χ1) is 15.0. The number of hydrogen-bond acceptors (Lipinski definition) is 6. The van der Waals surface area contributed by atoms with Gasteiger partial charge in [0.15, 0.2) is 0 Å². The van der Waals surface area contributed by atoms with Crippen LogP contribution >= 0.6 is 11.3 Å². The van der Waals surface area contributed by atoms with Crippen molar-refractivity contribution in [2.24, 2.45) is 0 Å². The van der Waals surface area contributed by atoms with Crippen molar-refractivity contribution in [1.29, 1.82) is 0 Å². The number of thiazole rings is 1. The second-order valence-corrected chi connectivity index (χ2v) is 8.91. The fourth-order valence-electron chi connectivity index (χ4n) is 4.12. The SMILES string of the molecule is O=C(C1CC(c2ccc(F)cc2)NN1)N1CCC(Oc2nc3ccc(F)cc3s2)CC1. The van der Waals surface area contributed by atoms with E-state index in [0.717, 1.165) is 28.6 Å². The predicted octanol–water partition coefficient (Wildman–Crippen LogP) is 3.55. The van der Waals surface area contributed by atoms with Gasteiger partial charge in [-0.2, -0.15) is 0 Å². The second-order valence-electron chi connectivity index (χ2n) is 7.92. The number of amides is 1. The third-order valence-corrected chi connectivity index (χ3v) is 6.73. The number of hydrazine groups is 1. The van der Waals surface area contributed by atoms with Gasteiger partial charge in [-0.05, 0) is 42.3 Å². The van der Waals surface area contributed by atoms with Gasteiger partial charge in [0.05, 0.1) is 10.2 Å². The standard InChI is InChI=1S/C22H22F2N4O2S/c23-14-3-1-13(2-4-14)18-12-19(27-26-18)21(29)28-9-7-16(8-10-28)30-22-25-17-6-5-15(24)11-20(17)31-22/h1-6,11,16,18-19,26-27H,7-10,12H2. The van der Waals surface area contributed by atoms with Gasteiger partial charge in [-0.1, -0.05) is 23.5 Å². The zero-order valence-electron chi connectivity index (χ0n) is 16.7. The van der Waals surface area contributed by atoms with E-state index >= 15 is 0 Å². The molecule has 6 nitrogen and oxygen atoms in total. The van der Waals surface area contributed by atoms with Crippen molar-refractivity contribution >= 4 is 27.5 Å². The number of halogens is 2. The van der Waals surface area contributed by atoms with Gasteiger partial charge in [0, 0.05) is 32.0 Å². The van der Waals surface area contributed by atoms with Gasteiger partial charge in [0.25, 0.3) is 5.19 Å². The van der Waals surface area contributed by atoms with Crippen molar-refractivity contribution < 1.29 is 18.3 Å². The number of aromatic nitrogens is 1. The summed E-state index contributed by atoms with van der Waals surface area (Å²) in [6.07, 6.45) is 2.04. The molecule has 2 fully saturated rings. The van der Waals surface area contributed by atoms with E-state index < -0.39 is 0 Å². The van der Waals surface area contributed by atoms with E-state index in [0.29, 0.717) is 24.7 Å². The number of hydrogen-bond donors (Lipinski definition) is 2. The van der Waals surface area contributed by atoms with Crippen LogP contribution in [0.3, 0.4) is 0 Å². The highest BCUT2D eigenvalue weighted by atomic mass is 32.1. The molecule has 2 aliphatic heterocycles. The molecule has 2 N–H and O–H groups in total. The fourth-order valence-corrected chi connectivity index (χ4v) is 5.02. The molecule has 1 amide bonds. The van der Waals surface area contributed by atoms with E-state index in [4.69, 9.17) is 4.74 Å². The molecule has 2 aromatic carbocycles. The van der Waals surface area contributed by atoms with Crippen LogP contribution in [0, 0.1) is 11.6 Å². The van der Waals surface area contributed by atoms with Crippen molar-refractivity contribution in [3.63, 3.8) is 0 Å². The van der Waals surface area contributed by atoms with Gasteiger partial charge in [-0.25, -0.2) is 24.6 Å². The van der Waals surface area contributed by atoms with Crippen molar-refractivity contribution in [2.75, 3.05) is 13.1 Å². The fraction of sp³-hybridized carbons (Fsp3) is 0.364. The van der Waals surface area contributed by atoms with Crippen molar-refractivity contribution in [2.45, 2.75) is 37.5 Å². The van der Waals surface area contributed by atoms with Crippen molar-refractivity contribution in [3.05, 3.63) is 59.7 Å². The van der Waals surface area contributed by atoms with E-state index in [1.54, 1.807) is 18.2 Å². The number of carbonyl (C=O) groups excluding carboxylic acids is 1. The Balaban J connectivity index is 1.14. The molecule has 0 radical (unpaired) electrons. The molecular weight excluding hydrogens is 422 g/mol. The minimum Gasteiger partial charge on any atom is -0.467 e. The molecule has 2 saturated heterocycles. The smallest absolute Gasteiger partial charge is 0.274 e. The van der Waals surface area contributed by atoms with Crippen molar-refractivity contribution in [3.8, 4) is 5.19 Å². The van der Waals surface area contributed by atoms with Crippen LogP contribution < -0.4 is 15.6 Å². The Hall–Kier alpha value is -2.62. The number of piperidine rings is 1. The first-order valence-corrected chi connectivity index (χ1v) is 11.1. The number of fused-ring (bicyclic) bond motifs is 1. The van der Waals surface area contributed by atoms with E-state index in [1.807, 2.05) is 4.90 Å². The number of likely N-dealkylation sites (tertiary alicyclic amines) is 1. The van der Waals surface area contributed by atoms with E-state index in [9.17, 15) is 13.6 Å². The molecule has 2 unspecified atom stereocenters. The molecule has 9 heteroatoms. The summed E-state index contributed by atoms with van der Waals surface area (Å²) in [7, 11) is 0. The summed E-state index contributed by atoms with van der Waals surface area (Å²) in [5.41, 5.74) is 7.90. The summed E-state index contributed by atoms with van der Waals surface area (Å²) < 4.78 is 33.3. The van der Waals surface area contributed by atoms with Crippen LogP contribution in [0.15, 0.2) is 42.5 Å². The molecule has 1 aromatic heterocycles. The monoisotopic (exact) mass is 444 g/mol. The quantitative estimate of drug-likeness (QED) is 0.644. The Labute approximate surface area is 182 Å². The number of benzene rings is 2. The third kappa shape index (κ3) is 4.39. The Morgan fingerprint density at radius 2 is 1.81 bits per heavy atom. The van der Waals surface area contributed by atoms with Crippen LogP contribution in [-0.4, -0.2) is 41.0 Å². The summed E-state index contributed by atoms with van der Waals surface area (Å²) in [5, 5.41) is 0.536. The van der Waals surface area contributed by atoms with Crippen molar-refractivity contribution in [1.82, 2.24) is 20.7 Å². The van der Waals surface area contributed by atoms with Crippen LogP contribution in [0.25, 0.3) is 10.2 Å². The molecular formula is C22H22F2N4O2S. The van der Waals surface area contributed by atoms with Crippen LogP contribution in [-0.2, 0) is 4.79 Å². The summed E-state index contributed by atoms with van der Waals surface area (Å²) >= 11 is 1.34. The summed E-state index contributed by atoms with van der Waals surface area (Å²) in [5.74, 6) is -0.498. The Kier molecular flexibility index (Phi) is 5.56. The van der Waals surface area contributed by atoms with Gasteiger partial charge in [0.1, 0.15) is 23.8 Å². The molecule has 0 spiro atoms. The number of rotatable bonds is 4. The van der Waals surface area contributed by atoms with Gasteiger partial charge >= 0.3 is 0 Å². The molecule has 2 aliphatic rings. The molecule has 0 bridgehead atoms. The van der Waals surface area contributed by atoms with Gasteiger partial charge in [0.2, 0.25) is 5.91 Å². The Morgan fingerprint density at radius 1 is 1.06 bits per heavy atom. The summed E-state index contributed by atoms with van der Waals surface area (Å²) in [6.45, 7) is 1.23. The lowest BCUT2D eigenvalue weighted by molar-refractivity contribution is -0.135. The number of nitrogens with one attached hydrogen (secondary N) is 2. The first kappa shape index (κ1) is 20.3. The van der Waals surface area contributed by atoms with Crippen LogP contribution in [0.4, 0.5) is 8.78 Å². The topological polar surface area (TPSA) is 66.5 Å². The minimum absolute atomic E-state index is 0.0175. The molecule has 3 aromatic rings. The summed E-state index contributed by atoms with van der Waals surface area (Å²) in [6, 6.07) is 10.5. The lowest BCUT2D eigenvalue weighted by atomic mass is 10.0. The highest BCUT2D eigenvalue weighted by Gasteiger charge is 2.34. The lowest BCUT2D eigenvalue weighted by Gasteiger charge is -2.33. The van der Waals surface area contributed by atoms with Crippen LogP contribution in [0.1, 0.15) is 30.9 Å². The predicted molar refractivity (Wildman–Crippen MR) is 114 cm³/mol. The highest BCUT2D eigenvalue weighted by molar-refractivity contribution is 7.20. The largest absolute Gasteiger partial charge is 0.467 e. The lowest BCUT2D eigenvalue weighted by Crippen LogP contribution is -2.49. The van der Waals surface area contributed by atoms with Gasteiger partial charge in [-0.15, -0.1) is 0 Å². The maximum atomic E-state index is 13.4. The number of nitrogens with zero attached hydrogens (tertiary/aromatic N) is 2.